The SMILES string of the molecule is OC1CCC(NCc2cc(Cl)ccc2F)CC1. The van der Waals surface area contributed by atoms with Crippen LogP contribution >= 0.6 is 11.6 Å². The summed E-state index contributed by atoms with van der Waals surface area (Å²) in [4.78, 5) is 0. The second kappa shape index (κ2) is 5.80. The maximum Gasteiger partial charge on any atom is 0.127 e. The highest BCUT2D eigenvalue weighted by atomic mass is 35.5. The first kappa shape index (κ1) is 12.8. The van der Waals surface area contributed by atoms with Crippen molar-refractivity contribution in [1.29, 1.82) is 0 Å². The highest BCUT2D eigenvalue weighted by Gasteiger charge is 2.18. The monoisotopic (exact) mass is 257 g/mol. The van der Waals surface area contributed by atoms with Crippen molar-refractivity contribution in [2.24, 2.45) is 0 Å². The molecule has 2 N–H and O–H groups in total. The third kappa shape index (κ3) is 3.66. The van der Waals surface area contributed by atoms with E-state index in [9.17, 15) is 9.50 Å². The van der Waals surface area contributed by atoms with Crippen molar-refractivity contribution in [3.63, 3.8) is 0 Å². The van der Waals surface area contributed by atoms with E-state index in [1.165, 1.54) is 6.07 Å². The van der Waals surface area contributed by atoms with E-state index in [1.54, 1.807) is 12.1 Å². The molecule has 17 heavy (non-hydrogen) atoms. The molecule has 1 aliphatic rings. The summed E-state index contributed by atoms with van der Waals surface area (Å²) in [7, 11) is 0. The Morgan fingerprint density at radius 1 is 1.29 bits per heavy atom. The Kier molecular flexibility index (Phi) is 4.37. The van der Waals surface area contributed by atoms with Crippen LogP contribution in [0.15, 0.2) is 18.2 Å². The van der Waals surface area contributed by atoms with Gasteiger partial charge in [-0.1, -0.05) is 11.6 Å². The zero-order valence-corrected chi connectivity index (χ0v) is 10.4. The lowest BCUT2D eigenvalue weighted by Gasteiger charge is -2.26. The molecule has 0 amide bonds. The second-order valence-corrected chi connectivity index (χ2v) is 5.06. The summed E-state index contributed by atoms with van der Waals surface area (Å²) in [5, 5.41) is 13.3. The molecule has 1 aromatic rings. The smallest absolute Gasteiger partial charge is 0.127 e. The van der Waals surface area contributed by atoms with Crippen LogP contribution in [0.1, 0.15) is 31.2 Å². The minimum Gasteiger partial charge on any atom is -0.393 e. The van der Waals surface area contributed by atoms with Gasteiger partial charge in [-0.2, -0.15) is 0 Å². The summed E-state index contributed by atoms with van der Waals surface area (Å²) in [6, 6.07) is 4.97. The van der Waals surface area contributed by atoms with Crippen molar-refractivity contribution < 1.29 is 9.50 Å². The van der Waals surface area contributed by atoms with Gasteiger partial charge in [0, 0.05) is 23.2 Å². The predicted molar refractivity (Wildman–Crippen MR) is 66.5 cm³/mol. The Bertz CT molecular complexity index is 378. The molecule has 0 spiro atoms. The number of hydrogen-bond acceptors (Lipinski definition) is 2. The van der Waals surface area contributed by atoms with E-state index in [0.717, 1.165) is 25.7 Å². The molecule has 0 bridgehead atoms. The Morgan fingerprint density at radius 2 is 2.00 bits per heavy atom. The average molecular weight is 258 g/mol. The van der Waals surface area contributed by atoms with Crippen molar-refractivity contribution in [1.82, 2.24) is 5.32 Å². The fraction of sp³-hybridized carbons (Fsp3) is 0.538. The summed E-state index contributed by atoms with van der Waals surface area (Å²) in [5.41, 5.74) is 0.601. The van der Waals surface area contributed by atoms with E-state index in [1.807, 2.05) is 0 Å². The first-order chi connectivity index (χ1) is 8.15. The van der Waals surface area contributed by atoms with E-state index < -0.39 is 0 Å². The standard InChI is InChI=1S/C13H17ClFNO/c14-10-1-6-13(15)9(7-10)8-16-11-2-4-12(17)5-3-11/h1,6-7,11-12,16-17H,2-5,8H2. The minimum atomic E-state index is -0.224. The van der Waals surface area contributed by atoms with Crippen LogP contribution in [0.25, 0.3) is 0 Å². The Hall–Kier alpha value is -0.640. The van der Waals surface area contributed by atoms with Crippen molar-refractivity contribution in [2.75, 3.05) is 0 Å². The normalized spacial score (nSPS) is 24.9. The molecule has 0 radical (unpaired) electrons. The number of halogens is 2. The van der Waals surface area contributed by atoms with Crippen LogP contribution in [0.3, 0.4) is 0 Å². The molecule has 1 fully saturated rings. The summed E-state index contributed by atoms with van der Waals surface area (Å²) in [6.07, 6.45) is 3.40. The molecule has 2 nitrogen and oxygen atoms in total. The molecule has 0 saturated heterocycles. The first-order valence-electron chi connectivity index (χ1n) is 6.00. The van der Waals surface area contributed by atoms with E-state index in [0.29, 0.717) is 23.2 Å². The van der Waals surface area contributed by atoms with Crippen LogP contribution in [0.5, 0.6) is 0 Å². The Labute approximate surface area is 106 Å². The zero-order chi connectivity index (χ0) is 12.3. The molecule has 0 unspecified atom stereocenters. The number of rotatable bonds is 3. The fourth-order valence-corrected chi connectivity index (χ4v) is 2.41. The lowest BCUT2D eigenvalue weighted by Crippen LogP contribution is -2.34. The topological polar surface area (TPSA) is 32.3 Å². The van der Waals surface area contributed by atoms with Gasteiger partial charge in [-0.15, -0.1) is 0 Å². The van der Waals surface area contributed by atoms with Gasteiger partial charge in [-0.25, -0.2) is 4.39 Å². The molecule has 0 aromatic heterocycles. The Balaban J connectivity index is 1.87. The van der Waals surface area contributed by atoms with Crippen LogP contribution in [0.4, 0.5) is 4.39 Å². The molecule has 0 aliphatic heterocycles. The van der Waals surface area contributed by atoms with Crippen molar-refractivity contribution in [3.8, 4) is 0 Å². The summed E-state index contributed by atoms with van der Waals surface area (Å²) in [6.45, 7) is 0.493. The molecular formula is C13H17ClFNO. The first-order valence-corrected chi connectivity index (χ1v) is 6.38. The highest BCUT2D eigenvalue weighted by molar-refractivity contribution is 6.30. The quantitative estimate of drug-likeness (QED) is 0.873. The summed E-state index contributed by atoms with van der Waals surface area (Å²) in [5.74, 6) is -0.224. The van der Waals surface area contributed by atoms with E-state index in [2.05, 4.69) is 5.32 Å². The van der Waals surface area contributed by atoms with Gasteiger partial charge in [-0.3, -0.25) is 0 Å². The zero-order valence-electron chi connectivity index (χ0n) is 9.63. The lowest BCUT2D eigenvalue weighted by atomic mass is 9.93. The molecule has 1 aromatic carbocycles. The third-order valence-electron chi connectivity index (χ3n) is 3.29. The third-order valence-corrected chi connectivity index (χ3v) is 3.52. The average Bonchev–Trinajstić information content (AvgIpc) is 2.32. The number of aliphatic hydroxyl groups excluding tert-OH is 1. The number of benzene rings is 1. The van der Waals surface area contributed by atoms with Crippen LogP contribution in [-0.2, 0) is 6.54 Å². The second-order valence-electron chi connectivity index (χ2n) is 4.62. The number of nitrogens with one attached hydrogen (secondary N) is 1. The summed E-state index contributed by atoms with van der Waals surface area (Å²) < 4.78 is 13.4. The molecule has 1 saturated carbocycles. The van der Waals surface area contributed by atoms with Crippen LogP contribution < -0.4 is 5.32 Å². The van der Waals surface area contributed by atoms with Gasteiger partial charge in [0.15, 0.2) is 0 Å². The molecule has 94 valence electrons. The van der Waals surface area contributed by atoms with Crippen molar-refractivity contribution in [3.05, 3.63) is 34.6 Å². The van der Waals surface area contributed by atoms with E-state index in [4.69, 9.17) is 11.6 Å². The van der Waals surface area contributed by atoms with E-state index in [-0.39, 0.29) is 11.9 Å². The van der Waals surface area contributed by atoms with Gasteiger partial charge < -0.3 is 10.4 Å². The molecule has 0 atom stereocenters. The molecule has 1 aliphatic carbocycles. The largest absolute Gasteiger partial charge is 0.393 e. The maximum atomic E-state index is 13.4. The number of hydrogen-bond donors (Lipinski definition) is 2. The predicted octanol–water partition coefficient (Wildman–Crippen LogP) is 2.87. The maximum absolute atomic E-state index is 13.4. The van der Waals surface area contributed by atoms with Gasteiger partial charge in [0.25, 0.3) is 0 Å². The van der Waals surface area contributed by atoms with Crippen molar-refractivity contribution >= 4 is 11.6 Å². The highest BCUT2D eigenvalue weighted by Crippen LogP contribution is 2.20. The minimum absolute atomic E-state index is 0.157. The number of aliphatic hydroxyl groups is 1. The summed E-state index contributed by atoms with van der Waals surface area (Å²) >= 11 is 5.83. The van der Waals surface area contributed by atoms with E-state index >= 15 is 0 Å². The molecule has 4 heteroatoms. The molecule has 0 heterocycles. The van der Waals surface area contributed by atoms with Crippen LogP contribution in [0, 0.1) is 5.82 Å². The van der Waals surface area contributed by atoms with Gasteiger partial charge >= 0.3 is 0 Å². The van der Waals surface area contributed by atoms with Gasteiger partial charge in [0.2, 0.25) is 0 Å². The van der Waals surface area contributed by atoms with Gasteiger partial charge in [-0.05, 0) is 43.9 Å². The van der Waals surface area contributed by atoms with Crippen molar-refractivity contribution in [2.45, 2.75) is 44.4 Å². The fourth-order valence-electron chi connectivity index (χ4n) is 2.21. The van der Waals surface area contributed by atoms with Gasteiger partial charge in [0.1, 0.15) is 5.82 Å². The molecular weight excluding hydrogens is 241 g/mol. The van der Waals surface area contributed by atoms with Gasteiger partial charge in [0.05, 0.1) is 6.10 Å². The van der Waals surface area contributed by atoms with Crippen LogP contribution in [0.2, 0.25) is 5.02 Å². The lowest BCUT2D eigenvalue weighted by molar-refractivity contribution is 0.116. The Morgan fingerprint density at radius 3 is 2.71 bits per heavy atom. The van der Waals surface area contributed by atoms with Crippen LogP contribution in [-0.4, -0.2) is 17.3 Å². The molecule has 2 rings (SSSR count).